The van der Waals surface area contributed by atoms with Crippen LogP contribution >= 0.6 is 0 Å². The van der Waals surface area contributed by atoms with Crippen LogP contribution in [0.1, 0.15) is 21.5 Å². The Morgan fingerprint density at radius 1 is 1.16 bits per heavy atom. The summed E-state index contributed by atoms with van der Waals surface area (Å²) < 4.78 is 0. The predicted octanol–water partition coefficient (Wildman–Crippen LogP) is 0.222. The van der Waals surface area contributed by atoms with Gasteiger partial charge in [0.25, 0.3) is 0 Å². The maximum Gasteiger partial charge on any atom is 0.166 e. The van der Waals surface area contributed by atoms with E-state index in [2.05, 4.69) is 11.9 Å². The fourth-order valence-electron chi connectivity index (χ4n) is 3.25. The minimum atomic E-state index is -0.327. The lowest BCUT2D eigenvalue weighted by atomic mass is 9.99. The molecule has 1 aliphatic rings. The maximum absolute atomic E-state index is 12.8. The van der Waals surface area contributed by atoms with Gasteiger partial charge in [-0.05, 0) is 24.7 Å². The summed E-state index contributed by atoms with van der Waals surface area (Å²) in [5.41, 5.74) is 1.41. The van der Waals surface area contributed by atoms with Gasteiger partial charge < -0.3 is 15.1 Å². The van der Waals surface area contributed by atoms with Gasteiger partial charge in [-0.15, -0.1) is 0 Å². The summed E-state index contributed by atoms with van der Waals surface area (Å²) in [4.78, 5) is 16.1. The number of aromatic hydroxyl groups is 1. The summed E-state index contributed by atoms with van der Waals surface area (Å²) in [6.07, 6.45) is 0.196. The topological polar surface area (TPSA) is 68.0 Å². The molecule has 1 aliphatic heterocycles. The predicted molar refractivity (Wildman–Crippen MR) is 93.9 cm³/mol. The number of likely N-dealkylation sites (N-methyl/N-ethyl adjacent to an activating group) is 1. The highest BCUT2D eigenvalue weighted by atomic mass is 16.3. The highest BCUT2D eigenvalue weighted by Gasteiger charge is 2.20. The molecule has 5 heteroatoms. The molecule has 0 bridgehead atoms. The molecule has 0 spiro atoms. The van der Waals surface area contributed by atoms with Crippen LogP contribution in [-0.4, -0.2) is 49.0 Å². The first-order chi connectivity index (χ1) is 12.0. The summed E-state index contributed by atoms with van der Waals surface area (Å²) >= 11 is 0. The number of phenolic OH excluding ortho intramolecular Hbond substituents is 1. The molecule has 5 nitrogen and oxygen atoms in total. The molecular weight excluding hydrogens is 316 g/mol. The molecule has 1 fully saturated rings. The number of carbonyl (C=O) groups excluding carboxylic acids is 1. The van der Waals surface area contributed by atoms with Crippen molar-refractivity contribution in [2.45, 2.75) is 13.0 Å². The molecular formula is C20H24N2O3. The zero-order valence-corrected chi connectivity index (χ0v) is 14.5. The maximum atomic E-state index is 12.8. The summed E-state index contributed by atoms with van der Waals surface area (Å²) in [5.74, 6) is -0.536. The Labute approximate surface area is 148 Å². The van der Waals surface area contributed by atoms with Crippen LogP contribution in [0.3, 0.4) is 0 Å². The SMILES string of the molecule is CN1CC[NH+](Cc2c(O)ccc(C(=O)Cc3ccccc3)c2[O-])CC1. The Hall–Kier alpha value is -2.37. The van der Waals surface area contributed by atoms with Crippen LogP contribution in [0.15, 0.2) is 42.5 Å². The standard InChI is InChI=1S/C20H24N2O3/c1-21-9-11-22(12-10-21)14-17-18(23)8-7-16(20(17)25)19(24)13-15-5-3-2-4-6-15/h2-8,23,25H,9-14H2,1H3. The highest BCUT2D eigenvalue weighted by Crippen LogP contribution is 2.28. The first-order valence-corrected chi connectivity index (χ1v) is 8.65. The van der Waals surface area contributed by atoms with E-state index in [0.717, 1.165) is 31.7 Å². The molecule has 1 saturated heterocycles. The summed E-state index contributed by atoms with van der Waals surface area (Å²) in [7, 11) is 2.08. The van der Waals surface area contributed by atoms with Gasteiger partial charge in [0.1, 0.15) is 12.3 Å². The smallest absolute Gasteiger partial charge is 0.166 e. The van der Waals surface area contributed by atoms with Crippen LogP contribution in [0.5, 0.6) is 11.5 Å². The lowest BCUT2D eigenvalue weighted by Gasteiger charge is -2.31. The lowest BCUT2D eigenvalue weighted by molar-refractivity contribution is -0.918. The molecule has 0 unspecified atom stereocenters. The number of Topliss-reactive ketones (excluding diaryl/α,β-unsaturated/α-hetero) is 1. The van der Waals surface area contributed by atoms with E-state index in [1.165, 1.54) is 17.0 Å². The van der Waals surface area contributed by atoms with E-state index in [-0.39, 0.29) is 29.3 Å². The number of ketones is 1. The number of nitrogens with one attached hydrogen (secondary N) is 1. The second-order valence-corrected chi connectivity index (χ2v) is 6.76. The largest absolute Gasteiger partial charge is 0.872 e. The number of rotatable bonds is 5. The third-order valence-corrected chi connectivity index (χ3v) is 4.86. The summed E-state index contributed by atoms with van der Waals surface area (Å²) in [6, 6.07) is 12.3. The van der Waals surface area contributed by atoms with E-state index < -0.39 is 0 Å². The van der Waals surface area contributed by atoms with Gasteiger partial charge in [0.15, 0.2) is 5.78 Å². The van der Waals surface area contributed by atoms with Crippen molar-refractivity contribution >= 4 is 5.78 Å². The van der Waals surface area contributed by atoms with Gasteiger partial charge in [-0.1, -0.05) is 36.1 Å². The van der Waals surface area contributed by atoms with Gasteiger partial charge >= 0.3 is 0 Å². The molecule has 0 aliphatic carbocycles. The van der Waals surface area contributed by atoms with E-state index in [0.29, 0.717) is 12.1 Å². The molecule has 1 heterocycles. The monoisotopic (exact) mass is 340 g/mol. The Morgan fingerprint density at radius 3 is 2.52 bits per heavy atom. The molecule has 2 aromatic rings. The first kappa shape index (κ1) is 17.5. The van der Waals surface area contributed by atoms with Crippen LogP contribution < -0.4 is 10.0 Å². The molecule has 0 amide bonds. The molecule has 2 aromatic carbocycles. The Balaban J connectivity index is 1.78. The number of piperazine rings is 1. The highest BCUT2D eigenvalue weighted by molar-refractivity contribution is 6.00. The summed E-state index contributed by atoms with van der Waals surface area (Å²) in [6.45, 7) is 4.26. The zero-order chi connectivity index (χ0) is 17.8. The number of phenols is 1. The van der Waals surface area contributed by atoms with Gasteiger partial charge in [0.05, 0.1) is 13.1 Å². The van der Waals surface area contributed by atoms with Crippen LogP contribution in [0, 0.1) is 0 Å². The summed E-state index contributed by atoms with van der Waals surface area (Å²) in [5, 5.41) is 22.9. The number of hydrogen-bond donors (Lipinski definition) is 2. The second kappa shape index (κ2) is 7.68. The van der Waals surface area contributed by atoms with E-state index in [1.54, 1.807) is 0 Å². The molecule has 3 rings (SSSR count). The number of hydrogen-bond acceptors (Lipinski definition) is 4. The lowest BCUT2D eigenvalue weighted by Crippen LogP contribution is -3.13. The quantitative estimate of drug-likeness (QED) is 0.764. The normalized spacial score (nSPS) is 16.0. The Bertz CT molecular complexity index is 738. The molecule has 0 radical (unpaired) electrons. The Morgan fingerprint density at radius 2 is 1.84 bits per heavy atom. The molecule has 25 heavy (non-hydrogen) atoms. The van der Waals surface area contributed by atoms with E-state index in [9.17, 15) is 15.0 Å². The minimum Gasteiger partial charge on any atom is -0.872 e. The van der Waals surface area contributed by atoms with E-state index in [1.807, 2.05) is 30.3 Å². The molecule has 2 N–H and O–H groups in total. The number of benzene rings is 2. The minimum absolute atomic E-state index is 0.00677. The van der Waals surface area contributed by atoms with E-state index >= 15 is 0 Å². The molecule has 0 atom stereocenters. The van der Waals surface area contributed by atoms with Crippen molar-refractivity contribution in [1.82, 2.24) is 4.90 Å². The van der Waals surface area contributed by atoms with Crippen LogP contribution in [0.25, 0.3) is 0 Å². The fraction of sp³-hybridized carbons (Fsp3) is 0.350. The number of carbonyl (C=O) groups is 1. The number of quaternary nitrogens is 1. The van der Waals surface area contributed by atoms with Gasteiger partial charge in [0.2, 0.25) is 0 Å². The van der Waals surface area contributed by atoms with Crippen molar-refractivity contribution in [3.63, 3.8) is 0 Å². The van der Waals surface area contributed by atoms with Gasteiger partial charge in [0, 0.05) is 30.6 Å². The van der Waals surface area contributed by atoms with Crippen molar-refractivity contribution in [1.29, 1.82) is 0 Å². The third-order valence-electron chi connectivity index (χ3n) is 4.86. The average Bonchev–Trinajstić information content (AvgIpc) is 2.61. The van der Waals surface area contributed by atoms with Crippen molar-refractivity contribution < 1.29 is 19.9 Å². The molecule has 132 valence electrons. The molecule has 0 aromatic heterocycles. The molecule has 0 saturated carbocycles. The van der Waals surface area contributed by atoms with Crippen LogP contribution in [-0.2, 0) is 13.0 Å². The fourth-order valence-corrected chi connectivity index (χ4v) is 3.25. The van der Waals surface area contributed by atoms with Crippen LogP contribution in [0.4, 0.5) is 0 Å². The van der Waals surface area contributed by atoms with Gasteiger partial charge in [-0.2, -0.15) is 0 Å². The van der Waals surface area contributed by atoms with Gasteiger partial charge in [-0.25, -0.2) is 0 Å². The Kier molecular flexibility index (Phi) is 5.36. The van der Waals surface area contributed by atoms with Crippen molar-refractivity contribution in [3.05, 3.63) is 59.2 Å². The second-order valence-electron chi connectivity index (χ2n) is 6.76. The first-order valence-electron chi connectivity index (χ1n) is 8.65. The third kappa shape index (κ3) is 4.18. The van der Waals surface area contributed by atoms with Gasteiger partial charge in [-0.3, -0.25) is 9.69 Å². The average molecular weight is 340 g/mol. The van der Waals surface area contributed by atoms with E-state index in [4.69, 9.17) is 0 Å². The van der Waals surface area contributed by atoms with Crippen molar-refractivity contribution in [2.75, 3.05) is 33.2 Å². The van der Waals surface area contributed by atoms with Crippen LogP contribution in [0.2, 0.25) is 0 Å². The van der Waals surface area contributed by atoms with Crippen molar-refractivity contribution in [2.24, 2.45) is 0 Å². The zero-order valence-electron chi connectivity index (χ0n) is 14.5. The van der Waals surface area contributed by atoms with Crippen molar-refractivity contribution in [3.8, 4) is 11.5 Å². The number of nitrogens with zero attached hydrogens (tertiary/aromatic N) is 1.